The molecule has 0 unspecified atom stereocenters. The molecule has 0 aromatic carbocycles. The van der Waals surface area contributed by atoms with Crippen molar-refractivity contribution in [3.8, 4) is 0 Å². The summed E-state index contributed by atoms with van der Waals surface area (Å²) in [6, 6.07) is 0. The van der Waals surface area contributed by atoms with E-state index in [9.17, 15) is 0 Å². The van der Waals surface area contributed by atoms with Crippen LogP contribution in [0, 0.1) is 0 Å². The second-order valence-electron chi connectivity index (χ2n) is 0.750. The van der Waals surface area contributed by atoms with Crippen LogP contribution in [0.2, 0.25) is 0 Å². The van der Waals surface area contributed by atoms with Crippen molar-refractivity contribution in [2.45, 2.75) is 0 Å². The van der Waals surface area contributed by atoms with E-state index in [-0.39, 0.29) is 39.6 Å². The van der Waals surface area contributed by atoms with Gasteiger partial charge in [-0.1, -0.05) is 0 Å². The fourth-order valence-electron chi connectivity index (χ4n) is 0. The van der Waals surface area contributed by atoms with Crippen LogP contribution in [-0.2, 0) is 65.8 Å². The van der Waals surface area contributed by atoms with Crippen molar-refractivity contribution in [3.63, 3.8) is 0 Å². The topological polar surface area (TPSA) is 190 Å². The molecule has 0 aromatic heterocycles. The zero-order valence-corrected chi connectivity index (χ0v) is 15.9. The molecule has 0 saturated carbocycles. The van der Waals surface area contributed by atoms with Crippen LogP contribution >= 0.6 is 0 Å². The Hall–Kier alpha value is 2.58. The van der Waals surface area contributed by atoms with Gasteiger partial charge in [0, 0.05) is 0 Å². The molecule has 0 aliphatic heterocycles. The summed E-state index contributed by atoms with van der Waals surface area (Å²) in [4.78, 5) is 0. The maximum absolute atomic E-state index is 8.58. The Morgan fingerprint density at radius 2 is 0.500 bits per heavy atom. The fourth-order valence-corrected chi connectivity index (χ4v) is 0. The summed E-state index contributed by atoms with van der Waals surface area (Å²) >= 11 is -12.2. The van der Waals surface area contributed by atoms with Gasteiger partial charge in [0.25, 0.3) is 0 Å². The third-order valence-electron chi connectivity index (χ3n) is 0. The summed E-state index contributed by atoms with van der Waals surface area (Å²) in [5.74, 6) is 0. The van der Waals surface area contributed by atoms with E-state index in [1.54, 1.807) is 0 Å². The van der Waals surface area contributed by atoms with Crippen LogP contribution in [0.1, 0.15) is 0 Å². The maximum atomic E-state index is 8.58. The van der Waals surface area contributed by atoms with Crippen LogP contribution in [-0.4, -0.2) is 39.6 Å². The molecule has 0 aliphatic rings. The van der Waals surface area contributed by atoms with Gasteiger partial charge in [0.2, 0.25) is 0 Å². The second kappa shape index (κ2) is 24.7. The van der Waals surface area contributed by atoms with Gasteiger partial charge in [0.15, 0.2) is 0 Å². The van der Waals surface area contributed by atoms with Crippen molar-refractivity contribution in [1.82, 2.24) is 0 Å². The van der Waals surface area contributed by atoms with Crippen LogP contribution in [0.25, 0.3) is 0 Å². The first-order valence-electron chi connectivity index (χ1n) is 1.84. The second-order valence-corrected chi connectivity index (χ2v) is 3.09. The third kappa shape index (κ3) is 405. The standard InChI is InChI=1S/2Ga.9O.3Ti/q2*+3;;;;6*-1;;;. The van der Waals surface area contributed by atoms with Crippen LogP contribution in [0.15, 0.2) is 0 Å². The first kappa shape index (κ1) is 30.0. The van der Waals surface area contributed by atoms with E-state index in [1.807, 2.05) is 0 Å². The molecule has 9 nitrogen and oxygen atoms in total. The van der Waals surface area contributed by atoms with Crippen molar-refractivity contribution in [2.24, 2.45) is 0 Å². The molecular formula is Ga2O9Ti3. The molecule has 0 radical (unpaired) electrons. The molecule has 0 atom stereocenters. The summed E-state index contributed by atoms with van der Waals surface area (Å²) in [7, 11) is 0. The average molecular weight is 427 g/mol. The Labute approximate surface area is 126 Å². The molecule has 0 spiro atoms. The first-order chi connectivity index (χ1) is 5.20. The predicted octanol–water partition coefficient (Wildman–Crippen LogP) is -8.26. The van der Waals surface area contributed by atoms with Gasteiger partial charge in [-0.05, 0) is 0 Å². The number of hydrogen-bond donors (Lipinski definition) is 0. The predicted molar refractivity (Wildman–Crippen MR) is 13.6 cm³/mol. The van der Waals surface area contributed by atoms with E-state index in [0.717, 1.165) is 0 Å². The van der Waals surface area contributed by atoms with E-state index in [2.05, 4.69) is 0 Å². The van der Waals surface area contributed by atoms with E-state index in [0.29, 0.717) is 0 Å². The number of rotatable bonds is 0. The van der Waals surface area contributed by atoms with Crippen molar-refractivity contribution in [2.75, 3.05) is 0 Å². The van der Waals surface area contributed by atoms with Gasteiger partial charge in [0.1, 0.15) is 0 Å². The summed E-state index contributed by atoms with van der Waals surface area (Å²) in [5.41, 5.74) is 0. The molecule has 0 amide bonds. The van der Waals surface area contributed by atoms with Gasteiger partial charge in [0.05, 0.1) is 0 Å². The van der Waals surface area contributed by atoms with Gasteiger partial charge in [-0.15, -0.1) is 0 Å². The molecule has 0 bridgehead atoms. The Bertz CT molecular complexity index is 116. The van der Waals surface area contributed by atoms with Gasteiger partial charge in [-0.3, -0.25) is 0 Å². The molecule has 0 fully saturated rings. The van der Waals surface area contributed by atoms with E-state index >= 15 is 0 Å². The van der Waals surface area contributed by atoms with Crippen LogP contribution in [0.5, 0.6) is 0 Å². The van der Waals surface area contributed by atoms with Crippen LogP contribution in [0.3, 0.4) is 0 Å². The van der Waals surface area contributed by atoms with Crippen molar-refractivity contribution < 1.29 is 88.0 Å². The summed E-state index contributed by atoms with van der Waals surface area (Å²) < 4.78 is 77.2. The Morgan fingerprint density at radius 3 is 0.500 bits per heavy atom. The average Bonchev–Trinajstić information content (AvgIpc) is 1.54. The summed E-state index contributed by atoms with van der Waals surface area (Å²) in [5, 5.41) is 0. The van der Waals surface area contributed by atoms with Crippen molar-refractivity contribution >= 4 is 39.6 Å². The van der Waals surface area contributed by atoms with E-state index in [4.69, 9.17) is 32.1 Å². The minimum atomic E-state index is -4.08. The minimum absolute atomic E-state index is 0. The molecule has 72 valence electrons. The normalized spacial score (nSPS) is 5.57. The molecule has 14 heavy (non-hydrogen) atoms. The zero-order chi connectivity index (χ0) is 10.7. The summed E-state index contributed by atoms with van der Waals surface area (Å²) in [6.45, 7) is 0. The number of hydrogen-bond acceptors (Lipinski definition) is 9. The fraction of sp³-hybridized carbons (Fsp3) is 0. The third-order valence-corrected chi connectivity index (χ3v) is 0. The van der Waals surface area contributed by atoms with Gasteiger partial charge < -0.3 is 0 Å². The SMILES string of the molecule is [Ga+3].[Ga+3].[O]=[Ti]([O-])[O-].[O]=[Ti]([O-])[O-].[O]=[Ti]([O-])[O-]. The molecule has 0 rings (SSSR count). The zero-order valence-electron chi connectivity index (χ0n) is 6.33. The quantitative estimate of drug-likeness (QED) is 0.338. The van der Waals surface area contributed by atoms with Crippen LogP contribution in [0.4, 0.5) is 0 Å². The van der Waals surface area contributed by atoms with Gasteiger partial charge >= 0.3 is 128 Å². The van der Waals surface area contributed by atoms with Crippen molar-refractivity contribution in [3.05, 3.63) is 0 Å². The molecule has 0 heterocycles. The molecule has 0 aromatic rings. The van der Waals surface area contributed by atoms with Crippen LogP contribution < -0.4 is 22.1 Å². The summed E-state index contributed by atoms with van der Waals surface area (Å²) in [6.07, 6.45) is 0. The van der Waals surface area contributed by atoms with E-state index in [1.165, 1.54) is 0 Å². The van der Waals surface area contributed by atoms with E-state index < -0.39 is 55.8 Å². The Morgan fingerprint density at radius 1 is 0.500 bits per heavy atom. The molecule has 14 heteroatoms. The molecule has 0 saturated heterocycles. The Balaban J connectivity index is -0.0000000270. The monoisotopic (exact) mass is 426 g/mol. The van der Waals surface area contributed by atoms with Crippen molar-refractivity contribution in [1.29, 1.82) is 0 Å². The first-order valence-corrected chi connectivity index (χ1v) is 7.57. The van der Waals surface area contributed by atoms with Gasteiger partial charge in [-0.2, -0.15) is 0 Å². The Kier molecular flexibility index (Phi) is 52.9. The molecule has 0 aliphatic carbocycles. The van der Waals surface area contributed by atoms with Gasteiger partial charge in [-0.25, -0.2) is 0 Å². The molecular weight excluding hydrogens is 427 g/mol. The molecule has 0 N–H and O–H groups in total.